The molecule has 10 nitrogen and oxygen atoms in total. The number of amides is 2. The Balaban J connectivity index is 2.40. The predicted octanol–water partition coefficient (Wildman–Crippen LogP) is 3.11. The molecule has 27 heavy (non-hydrogen) atoms. The van der Waals surface area contributed by atoms with Gasteiger partial charge in [-0.05, 0) is 18.2 Å². The molecule has 0 atom stereocenters. The molecule has 0 aromatic heterocycles. The first-order valence-corrected chi connectivity index (χ1v) is 7.74. The lowest BCUT2D eigenvalue weighted by Crippen LogP contribution is -2.22. The molecule has 2 aromatic rings. The summed E-state index contributed by atoms with van der Waals surface area (Å²) in [4.78, 5) is 46.0. The van der Waals surface area contributed by atoms with Crippen molar-refractivity contribution in [2.45, 2.75) is 0 Å². The van der Waals surface area contributed by atoms with Gasteiger partial charge in [-0.25, -0.2) is 0 Å². The molecule has 1 N–H and O–H groups in total. The Kier molecular flexibility index (Phi) is 5.71. The highest BCUT2D eigenvalue weighted by molar-refractivity contribution is 6.34. The lowest BCUT2D eigenvalue weighted by atomic mass is 10.1. The zero-order valence-corrected chi connectivity index (χ0v) is 14.9. The molecular formula is C16H13ClN4O6. The lowest BCUT2D eigenvalue weighted by molar-refractivity contribution is -0.394. The first-order chi connectivity index (χ1) is 12.6. The Morgan fingerprint density at radius 1 is 0.963 bits per heavy atom. The highest BCUT2D eigenvalue weighted by atomic mass is 35.5. The number of carbonyl (C=O) groups is 2. The van der Waals surface area contributed by atoms with Crippen molar-refractivity contribution in [2.24, 2.45) is 0 Å². The molecule has 0 aliphatic carbocycles. The van der Waals surface area contributed by atoms with Crippen molar-refractivity contribution in [2.75, 3.05) is 19.4 Å². The topological polar surface area (TPSA) is 136 Å². The summed E-state index contributed by atoms with van der Waals surface area (Å²) in [7, 11) is 3.11. The third kappa shape index (κ3) is 4.55. The zero-order chi connectivity index (χ0) is 20.3. The van der Waals surface area contributed by atoms with Crippen molar-refractivity contribution < 1.29 is 19.4 Å². The number of hydrogen-bond donors (Lipinski definition) is 1. The van der Waals surface area contributed by atoms with Crippen LogP contribution in [-0.2, 0) is 0 Å². The summed E-state index contributed by atoms with van der Waals surface area (Å²) in [5.41, 5.74) is -1.15. The highest BCUT2D eigenvalue weighted by Crippen LogP contribution is 2.26. The zero-order valence-electron chi connectivity index (χ0n) is 14.1. The summed E-state index contributed by atoms with van der Waals surface area (Å²) >= 11 is 6.02. The van der Waals surface area contributed by atoms with E-state index in [4.69, 9.17) is 11.6 Å². The SMILES string of the molecule is CN(C)C(=O)c1ccc(Cl)c(NC(=O)c2cc([N+](=O)[O-])cc([N+](=O)[O-])c2)c1. The van der Waals surface area contributed by atoms with Crippen LogP contribution in [0.3, 0.4) is 0 Å². The minimum absolute atomic E-state index is 0.0866. The molecule has 0 heterocycles. The molecule has 2 amide bonds. The molecule has 0 bridgehead atoms. The van der Waals surface area contributed by atoms with Crippen LogP contribution in [0.2, 0.25) is 5.02 Å². The van der Waals surface area contributed by atoms with Gasteiger partial charge in [-0.2, -0.15) is 0 Å². The van der Waals surface area contributed by atoms with Crippen LogP contribution in [-0.4, -0.2) is 40.7 Å². The number of non-ortho nitro benzene ring substituents is 2. The van der Waals surface area contributed by atoms with Gasteiger partial charge in [-0.1, -0.05) is 11.6 Å². The van der Waals surface area contributed by atoms with E-state index in [9.17, 15) is 29.8 Å². The number of nitrogens with one attached hydrogen (secondary N) is 1. The Hall–Kier alpha value is -3.53. The first kappa shape index (κ1) is 19.8. The van der Waals surface area contributed by atoms with Crippen molar-refractivity contribution in [1.29, 1.82) is 0 Å². The van der Waals surface area contributed by atoms with E-state index in [-0.39, 0.29) is 27.7 Å². The molecule has 2 rings (SSSR count). The fourth-order valence-electron chi connectivity index (χ4n) is 2.14. The van der Waals surface area contributed by atoms with Gasteiger partial charge in [0, 0.05) is 31.8 Å². The smallest absolute Gasteiger partial charge is 0.277 e. The molecule has 0 radical (unpaired) electrons. The largest absolute Gasteiger partial charge is 0.345 e. The molecule has 0 aliphatic heterocycles. The molecule has 11 heteroatoms. The number of halogens is 1. The van der Waals surface area contributed by atoms with Crippen molar-refractivity contribution in [3.05, 3.63) is 72.8 Å². The van der Waals surface area contributed by atoms with E-state index in [1.165, 1.54) is 23.1 Å². The van der Waals surface area contributed by atoms with Crippen LogP contribution in [0.25, 0.3) is 0 Å². The molecule has 0 unspecified atom stereocenters. The average molecular weight is 393 g/mol. The maximum Gasteiger partial charge on any atom is 0.277 e. The van der Waals surface area contributed by atoms with Crippen LogP contribution in [0.15, 0.2) is 36.4 Å². The van der Waals surface area contributed by atoms with Crippen molar-refractivity contribution in [3.8, 4) is 0 Å². The molecule has 0 spiro atoms. The van der Waals surface area contributed by atoms with Gasteiger partial charge in [-0.3, -0.25) is 29.8 Å². The van der Waals surface area contributed by atoms with Gasteiger partial charge in [-0.15, -0.1) is 0 Å². The Morgan fingerprint density at radius 3 is 2.00 bits per heavy atom. The molecule has 0 aliphatic rings. The van der Waals surface area contributed by atoms with Crippen LogP contribution in [0, 0.1) is 20.2 Å². The number of anilines is 1. The summed E-state index contributed by atoms with van der Waals surface area (Å²) in [6.07, 6.45) is 0. The third-order valence-electron chi connectivity index (χ3n) is 3.45. The number of hydrogen-bond acceptors (Lipinski definition) is 6. The van der Waals surface area contributed by atoms with E-state index >= 15 is 0 Å². The molecule has 0 saturated carbocycles. The summed E-state index contributed by atoms with van der Waals surface area (Å²) in [6.45, 7) is 0. The number of nitrogens with zero attached hydrogens (tertiary/aromatic N) is 3. The van der Waals surface area contributed by atoms with E-state index in [0.29, 0.717) is 0 Å². The van der Waals surface area contributed by atoms with Gasteiger partial charge in [0.15, 0.2) is 0 Å². The molecule has 0 saturated heterocycles. The summed E-state index contributed by atoms with van der Waals surface area (Å²) in [6, 6.07) is 6.78. The summed E-state index contributed by atoms with van der Waals surface area (Å²) in [5.74, 6) is -1.17. The average Bonchev–Trinajstić information content (AvgIpc) is 2.62. The van der Waals surface area contributed by atoms with Crippen LogP contribution >= 0.6 is 11.6 Å². The van der Waals surface area contributed by atoms with E-state index in [1.807, 2.05) is 0 Å². The Labute approximate surface area is 157 Å². The minimum atomic E-state index is -0.849. The van der Waals surface area contributed by atoms with Crippen molar-refractivity contribution in [3.63, 3.8) is 0 Å². The summed E-state index contributed by atoms with van der Waals surface area (Å²) in [5, 5.41) is 24.4. The third-order valence-corrected chi connectivity index (χ3v) is 3.78. The van der Waals surface area contributed by atoms with E-state index in [0.717, 1.165) is 18.2 Å². The number of nitro groups is 2. The first-order valence-electron chi connectivity index (χ1n) is 7.36. The van der Waals surface area contributed by atoms with Crippen LogP contribution in [0.4, 0.5) is 17.1 Å². The number of nitro benzene ring substituents is 2. The monoisotopic (exact) mass is 392 g/mol. The van der Waals surface area contributed by atoms with Gasteiger partial charge < -0.3 is 10.2 Å². The molecule has 140 valence electrons. The molecule has 2 aromatic carbocycles. The second kappa shape index (κ2) is 7.79. The highest BCUT2D eigenvalue weighted by Gasteiger charge is 2.21. The predicted molar refractivity (Wildman–Crippen MR) is 97.2 cm³/mol. The van der Waals surface area contributed by atoms with Crippen LogP contribution < -0.4 is 5.32 Å². The van der Waals surface area contributed by atoms with Crippen molar-refractivity contribution >= 4 is 40.5 Å². The Bertz CT molecular complexity index is 928. The Morgan fingerprint density at radius 2 is 1.52 bits per heavy atom. The normalized spacial score (nSPS) is 10.2. The van der Waals surface area contributed by atoms with E-state index in [1.54, 1.807) is 14.1 Å². The maximum atomic E-state index is 12.4. The van der Waals surface area contributed by atoms with Gasteiger partial charge in [0.05, 0.1) is 32.2 Å². The van der Waals surface area contributed by atoms with E-state index in [2.05, 4.69) is 5.32 Å². The quantitative estimate of drug-likeness (QED) is 0.613. The molecular weight excluding hydrogens is 380 g/mol. The van der Waals surface area contributed by atoms with Gasteiger partial charge >= 0.3 is 0 Å². The minimum Gasteiger partial charge on any atom is -0.345 e. The molecule has 0 fully saturated rings. The maximum absolute atomic E-state index is 12.4. The number of benzene rings is 2. The number of rotatable bonds is 5. The lowest BCUT2D eigenvalue weighted by Gasteiger charge is -2.13. The number of carbonyl (C=O) groups excluding carboxylic acids is 2. The fourth-order valence-corrected chi connectivity index (χ4v) is 2.31. The van der Waals surface area contributed by atoms with Crippen LogP contribution in [0.5, 0.6) is 0 Å². The van der Waals surface area contributed by atoms with Crippen molar-refractivity contribution in [1.82, 2.24) is 4.90 Å². The van der Waals surface area contributed by atoms with Gasteiger partial charge in [0.2, 0.25) is 0 Å². The van der Waals surface area contributed by atoms with Crippen LogP contribution in [0.1, 0.15) is 20.7 Å². The fraction of sp³-hybridized carbons (Fsp3) is 0.125. The standard InChI is InChI=1S/C16H13ClN4O6/c1-19(2)16(23)9-3-4-13(17)14(7-9)18-15(22)10-5-11(20(24)25)8-12(6-10)21(26)27/h3-8H,1-2H3,(H,18,22). The van der Waals surface area contributed by atoms with E-state index < -0.39 is 27.1 Å². The van der Waals surface area contributed by atoms with Gasteiger partial charge in [0.25, 0.3) is 23.2 Å². The summed E-state index contributed by atoms with van der Waals surface area (Å²) < 4.78 is 0. The van der Waals surface area contributed by atoms with Gasteiger partial charge in [0.1, 0.15) is 0 Å². The second-order valence-corrected chi connectivity index (χ2v) is 6.01. The second-order valence-electron chi connectivity index (χ2n) is 5.60.